The molecule has 5 heteroatoms. The average Bonchev–Trinajstić information content (AvgIpc) is 2.81. The lowest BCUT2D eigenvalue weighted by molar-refractivity contribution is -0.128. The van der Waals surface area contributed by atoms with E-state index in [1.807, 2.05) is 54.6 Å². The van der Waals surface area contributed by atoms with Crippen LogP contribution in [0.25, 0.3) is 0 Å². The van der Waals surface area contributed by atoms with E-state index in [1.165, 1.54) is 4.90 Å². The number of ether oxygens (including phenoxy) is 1. The fourth-order valence-electron chi connectivity index (χ4n) is 2.82. The summed E-state index contributed by atoms with van der Waals surface area (Å²) in [4.78, 5) is 28.1. The first kappa shape index (κ1) is 16.1. The van der Waals surface area contributed by atoms with Crippen LogP contribution in [0.1, 0.15) is 18.1 Å². The molecule has 1 heterocycles. The molecule has 0 N–H and O–H groups in total. The minimum absolute atomic E-state index is 0.160. The van der Waals surface area contributed by atoms with Crippen LogP contribution in [0.3, 0.4) is 0 Å². The maximum atomic E-state index is 12.7. The van der Waals surface area contributed by atoms with Crippen LogP contribution in [0, 0.1) is 0 Å². The van der Waals surface area contributed by atoms with Crippen LogP contribution in [0.15, 0.2) is 54.6 Å². The second-order valence-electron chi connectivity index (χ2n) is 5.84. The van der Waals surface area contributed by atoms with Crippen LogP contribution in [-0.4, -0.2) is 34.9 Å². The Morgan fingerprint density at radius 1 is 0.917 bits per heavy atom. The van der Waals surface area contributed by atoms with Crippen molar-refractivity contribution < 1.29 is 14.3 Å². The Balaban J connectivity index is 1.74. The second-order valence-corrected chi connectivity index (χ2v) is 5.84. The lowest BCUT2D eigenvalue weighted by atomic mass is 10.2. The smallest absolute Gasteiger partial charge is 0.328 e. The first-order valence-corrected chi connectivity index (χ1v) is 7.89. The van der Waals surface area contributed by atoms with Gasteiger partial charge in [-0.2, -0.15) is 0 Å². The second kappa shape index (κ2) is 6.74. The number of urea groups is 1. The van der Waals surface area contributed by atoms with Gasteiger partial charge < -0.3 is 9.64 Å². The Labute approximate surface area is 141 Å². The van der Waals surface area contributed by atoms with Crippen molar-refractivity contribution in [3.05, 3.63) is 65.7 Å². The topological polar surface area (TPSA) is 49.9 Å². The van der Waals surface area contributed by atoms with Crippen LogP contribution in [0.5, 0.6) is 5.75 Å². The predicted molar refractivity (Wildman–Crippen MR) is 90.4 cm³/mol. The van der Waals surface area contributed by atoms with E-state index < -0.39 is 6.04 Å². The summed E-state index contributed by atoms with van der Waals surface area (Å²) >= 11 is 0. The van der Waals surface area contributed by atoms with E-state index in [4.69, 9.17) is 4.74 Å². The molecule has 0 aliphatic carbocycles. The molecule has 1 atom stereocenters. The van der Waals surface area contributed by atoms with Gasteiger partial charge in [0.2, 0.25) is 0 Å². The highest BCUT2D eigenvalue weighted by Gasteiger charge is 2.42. The number of amides is 3. The number of carbonyl (C=O) groups is 2. The van der Waals surface area contributed by atoms with E-state index in [0.717, 1.165) is 16.9 Å². The molecule has 0 radical (unpaired) electrons. The Morgan fingerprint density at radius 2 is 1.54 bits per heavy atom. The minimum Gasteiger partial charge on any atom is -0.497 e. The summed E-state index contributed by atoms with van der Waals surface area (Å²) in [6.07, 6.45) is 0. The molecule has 0 bridgehead atoms. The highest BCUT2D eigenvalue weighted by molar-refractivity contribution is 6.03. The monoisotopic (exact) mass is 324 g/mol. The van der Waals surface area contributed by atoms with Gasteiger partial charge in [-0.15, -0.1) is 0 Å². The number of hydrogen-bond acceptors (Lipinski definition) is 3. The maximum Gasteiger partial charge on any atom is 0.328 e. The predicted octanol–water partition coefficient (Wildman–Crippen LogP) is 3.05. The number of methoxy groups -OCH3 is 1. The van der Waals surface area contributed by atoms with Crippen molar-refractivity contribution in [2.45, 2.75) is 26.1 Å². The summed E-state index contributed by atoms with van der Waals surface area (Å²) in [6, 6.07) is 16.4. The summed E-state index contributed by atoms with van der Waals surface area (Å²) in [5.41, 5.74) is 1.91. The third-order valence-electron chi connectivity index (χ3n) is 4.26. The molecule has 3 amide bonds. The lowest BCUT2D eigenvalue weighted by Crippen LogP contribution is -2.33. The van der Waals surface area contributed by atoms with E-state index in [2.05, 4.69) is 0 Å². The zero-order chi connectivity index (χ0) is 17.1. The van der Waals surface area contributed by atoms with Crippen LogP contribution in [0.4, 0.5) is 4.79 Å². The quantitative estimate of drug-likeness (QED) is 0.794. The molecule has 5 nitrogen and oxygen atoms in total. The molecule has 2 aromatic rings. The largest absolute Gasteiger partial charge is 0.497 e. The molecular weight excluding hydrogens is 304 g/mol. The van der Waals surface area contributed by atoms with Crippen LogP contribution < -0.4 is 4.74 Å². The van der Waals surface area contributed by atoms with Gasteiger partial charge in [0, 0.05) is 6.54 Å². The standard InChI is InChI=1S/C19H20N2O3/c1-14-18(22)21(13-16-8-10-17(24-2)11-9-16)19(23)20(14)12-15-6-4-3-5-7-15/h3-11,14H,12-13H2,1-2H3. The van der Waals surface area contributed by atoms with Crippen molar-refractivity contribution in [3.8, 4) is 5.75 Å². The van der Waals surface area contributed by atoms with E-state index in [0.29, 0.717) is 6.54 Å². The average molecular weight is 324 g/mol. The SMILES string of the molecule is COc1ccc(CN2C(=O)C(C)N(Cc3ccccc3)C2=O)cc1. The molecule has 2 aromatic carbocycles. The highest BCUT2D eigenvalue weighted by atomic mass is 16.5. The molecule has 124 valence electrons. The van der Waals surface area contributed by atoms with E-state index in [9.17, 15) is 9.59 Å². The van der Waals surface area contributed by atoms with Gasteiger partial charge in [-0.3, -0.25) is 9.69 Å². The van der Waals surface area contributed by atoms with Crippen molar-refractivity contribution in [2.75, 3.05) is 7.11 Å². The fraction of sp³-hybridized carbons (Fsp3) is 0.263. The van der Waals surface area contributed by atoms with E-state index in [-0.39, 0.29) is 18.5 Å². The van der Waals surface area contributed by atoms with Gasteiger partial charge >= 0.3 is 6.03 Å². The number of carbonyl (C=O) groups excluding carboxylic acids is 2. The van der Waals surface area contributed by atoms with E-state index >= 15 is 0 Å². The third-order valence-corrected chi connectivity index (χ3v) is 4.26. The van der Waals surface area contributed by atoms with Gasteiger partial charge in [0.05, 0.1) is 13.7 Å². The first-order chi connectivity index (χ1) is 11.6. The molecule has 1 aliphatic rings. The summed E-state index contributed by atoms with van der Waals surface area (Å²) in [7, 11) is 1.60. The molecule has 3 rings (SSSR count). The zero-order valence-corrected chi connectivity index (χ0v) is 13.8. The van der Waals surface area contributed by atoms with Gasteiger partial charge in [0.25, 0.3) is 5.91 Å². The van der Waals surface area contributed by atoms with Crippen LogP contribution in [0.2, 0.25) is 0 Å². The lowest BCUT2D eigenvalue weighted by Gasteiger charge is -2.19. The molecular formula is C19H20N2O3. The Kier molecular flexibility index (Phi) is 4.51. The Bertz CT molecular complexity index is 728. The molecule has 1 aliphatic heterocycles. The zero-order valence-electron chi connectivity index (χ0n) is 13.8. The van der Waals surface area contributed by atoms with Crippen molar-refractivity contribution in [1.29, 1.82) is 0 Å². The summed E-state index contributed by atoms with van der Waals surface area (Å²) in [6.45, 7) is 2.49. The normalized spacial score (nSPS) is 17.5. The van der Waals surface area contributed by atoms with Crippen LogP contribution >= 0.6 is 0 Å². The van der Waals surface area contributed by atoms with Gasteiger partial charge in [0.1, 0.15) is 11.8 Å². The third kappa shape index (κ3) is 3.11. The molecule has 1 saturated heterocycles. The fourth-order valence-corrected chi connectivity index (χ4v) is 2.82. The molecule has 0 spiro atoms. The molecule has 0 saturated carbocycles. The molecule has 0 aromatic heterocycles. The molecule has 1 fully saturated rings. The number of imide groups is 1. The number of benzene rings is 2. The van der Waals surface area contributed by atoms with Crippen molar-refractivity contribution >= 4 is 11.9 Å². The molecule has 24 heavy (non-hydrogen) atoms. The van der Waals surface area contributed by atoms with Crippen molar-refractivity contribution in [1.82, 2.24) is 9.80 Å². The summed E-state index contributed by atoms with van der Waals surface area (Å²) in [5, 5.41) is 0. The number of hydrogen-bond donors (Lipinski definition) is 0. The Morgan fingerprint density at radius 3 is 2.17 bits per heavy atom. The Hall–Kier alpha value is -2.82. The number of nitrogens with zero attached hydrogens (tertiary/aromatic N) is 2. The van der Waals surface area contributed by atoms with Gasteiger partial charge in [-0.25, -0.2) is 4.79 Å². The minimum atomic E-state index is -0.448. The highest BCUT2D eigenvalue weighted by Crippen LogP contribution is 2.23. The van der Waals surface area contributed by atoms with E-state index in [1.54, 1.807) is 18.9 Å². The molecule has 1 unspecified atom stereocenters. The van der Waals surface area contributed by atoms with Crippen LogP contribution in [-0.2, 0) is 17.9 Å². The maximum absolute atomic E-state index is 12.7. The van der Waals surface area contributed by atoms with Gasteiger partial charge in [0.15, 0.2) is 0 Å². The summed E-state index contributed by atoms with van der Waals surface area (Å²) in [5.74, 6) is 0.587. The summed E-state index contributed by atoms with van der Waals surface area (Å²) < 4.78 is 5.13. The van der Waals surface area contributed by atoms with Crippen molar-refractivity contribution in [3.63, 3.8) is 0 Å². The first-order valence-electron chi connectivity index (χ1n) is 7.89. The van der Waals surface area contributed by atoms with Gasteiger partial charge in [-0.05, 0) is 30.2 Å². The van der Waals surface area contributed by atoms with Gasteiger partial charge in [-0.1, -0.05) is 42.5 Å². The number of rotatable bonds is 5. The van der Waals surface area contributed by atoms with Crippen molar-refractivity contribution in [2.24, 2.45) is 0 Å².